The third-order valence-corrected chi connectivity index (χ3v) is 4.99. The van der Waals surface area contributed by atoms with E-state index in [1.807, 2.05) is 12.1 Å². The predicted octanol–water partition coefficient (Wildman–Crippen LogP) is 5.53. The minimum atomic E-state index is 0.174. The molecule has 0 spiro atoms. The highest BCUT2D eigenvalue weighted by Gasteiger charge is 2.15. The molecule has 2 aromatic heterocycles. The number of hydrogen-bond donors (Lipinski definition) is 1. The van der Waals surface area contributed by atoms with E-state index in [0.717, 1.165) is 16.0 Å². The molecular weight excluding hydrogens is 314 g/mol. The largest absolute Gasteiger partial charge is 0.363 e. The van der Waals surface area contributed by atoms with Gasteiger partial charge in [0.2, 0.25) is 0 Å². The highest BCUT2D eigenvalue weighted by Crippen LogP contribution is 2.37. The second-order valence-corrected chi connectivity index (χ2v) is 6.55. The van der Waals surface area contributed by atoms with Crippen molar-refractivity contribution in [2.24, 2.45) is 0 Å². The summed E-state index contributed by atoms with van der Waals surface area (Å²) < 4.78 is 0. The number of thiophene rings is 1. The maximum absolute atomic E-state index is 4.52. The second kappa shape index (κ2) is 6.42. The Hall–Kier alpha value is -2.72. The SMILES string of the molecule is C[C@@H](Nc1ncnc2scc(-c3ccccc3)c12)c1ccccc1. The molecule has 118 valence electrons. The van der Waals surface area contributed by atoms with Gasteiger partial charge in [-0.2, -0.15) is 0 Å². The van der Waals surface area contributed by atoms with Crippen LogP contribution in [-0.4, -0.2) is 9.97 Å². The van der Waals surface area contributed by atoms with Crippen LogP contribution in [0, 0.1) is 0 Å². The zero-order chi connectivity index (χ0) is 16.4. The lowest BCUT2D eigenvalue weighted by Gasteiger charge is -2.16. The molecular formula is C20H17N3S. The molecule has 2 heterocycles. The van der Waals surface area contributed by atoms with E-state index in [1.54, 1.807) is 17.7 Å². The van der Waals surface area contributed by atoms with Crippen LogP contribution in [0.15, 0.2) is 72.4 Å². The molecule has 0 aliphatic rings. The average Bonchev–Trinajstić information content (AvgIpc) is 3.08. The van der Waals surface area contributed by atoms with Crippen LogP contribution in [0.2, 0.25) is 0 Å². The number of aromatic nitrogens is 2. The van der Waals surface area contributed by atoms with Gasteiger partial charge in [0.25, 0.3) is 0 Å². The van der Waals surface area contributed by atoms with E-state index in [0.29, 0.717) is 0 Å². The van der Waals surface area contributed by atoms with Gasteiger partial charge in [0.15, 0.2) is 0 Å². The Morgan fingerprint density at radius 3 is 2.38 bits per heavy atom. The molecule has 1 atom stereocenters. The van der Waals surface area contributed by atoms with Crippen molar-refractivity contribution in [1.82, 2.24) is 9.97 Å². The second-order valence-electron chi connectivity index (χ2n) is 5.69. The molecule has 24 heavy (non-hydrogen) atoms. The number of benzene rings is 2. The number of nitrogens with zero attached hydrogens (tertiary/aromatic N) is 2. The van der Waals surface area contributed by atoms with Crippen molar-refractivity contribution in [3.63, 3.8) is 0 Å². The highest BCUT2D eigenvalue weighted by molar-refractivity contribution is 7.17. The van der Waals surface area contributed by atoms with Crippen LogP contribution in [0.1, 0.15) is 18.5 Å². The van der Waals surface area contributed by atoms with Crippen molar-refractivity contribution in [2.75, 3.05) is 5.32 Å². The molecule has 4 aromatic rings. The molecule has 0 fully saturated rings. The molecule has 0 unspecified atom stereocenters. The van der Waals surface area contributed by atoms with Crippen molar-refractivity contribution >= 4 is 27.4 Å². The fraction of sp³-hybridized carbons (Fsp3) is 0.100. The summed E-state index contributed by atoms with van der Waals surface area (Å²) in [6, 6.07) is 21.0. The number of nitrogens with one attached hydrogen (secondary N) is 1. The molecule has 4 heteroatoms. The molecule has 0 aliphatic carbocycles. The van der Waals surface area contributed by atoms with Gasteiger partial charge in [-0.05, 0) is 18.1 Å². The van der Waals surface area contributed by atoms with E-state index >= 15 is 0 Å². The topological polar surface area (TPSA) is 37.8 Å². The molecule has 0 radical (unpaired) electrons. The van der Waals surface area contributed by atoms with E-state index in [4.69, 9.17) is 0 Å². The van der Waals surface area contributed by atoms with Gasteiger partial charge in [-0.1, -0.05) is 60.7 Å². The summed E-state index contributed by atoms with van der Waals surface area (Å²) in [4.78, 5) is 9.96. The Labute approximate surface area is 145 Å². The lowest BCUT2D eigenvalue weighted by Crippen LogP contribution is -2.08. The molecule has 1 N–H and O–H groups in total. The third kappa shape index (κ3) is 2.76. The first kappa shape index (κ1) is 14.8. The number of hydrogen-bond acceptors (Lipinski definition) is 4. The van der Waals surface area contributed by atoms with Crippen molar-refractivity contribution in [1.29, 1.82) is 0 Å². The first-order chi connectivity index (χ1) is 11.8. The Morgan fingerprint density at radius 1 is 0.917 bits per heavy atom. The lowest BCUT2D eigenvalue weighted by atomic mass is 10.1. The molecule has 4 rings (SSSR count). The molecule has 0 saturated carbocycles. The summed E-state index contributed by atoms with van der Waals surface area (Å²) in [5.74, 6) is 0.886. The van der Waals surface area contributed by atoms with E-state index in [9.17, 15) is 0 Å². The third-order valence-electron chi connectivity index (χ3n) is 4.11. The zero-order valence-electron chi connectivity index (χ0n) is 13.3. The lowest BCUT2D eigenvalue weighted by molar-refractivity contribution is 0.876. The molecule has 0 bridgehead atoms. The van der Waals surface area contributed by atoms with Crippen LogP contribution in [0.4, 0.5) is 5.82 Å². The standard InChI is InChI=1S/C20H17N3S/c1-14(15-8-4-2-5-9-15)23-19-18-17(16-10-6-3-7-11-16)12-24-20(18)22-13-21-19/h2-14H,1H3,(H,21,22,23)/t14-/m1/s1. The maximum atomic E-state index is 4.52. The van der Waals surface area contributed by atoms with E-state index in [-0.39, 0.29) is 6.04 Å². The summed E-state index contributed by atoms with van der Waals surface area (Å²) in [5, 5.41) is 6.81. The Kier molecular flexibility index (Phi) is 3.97. The van der Waals surface area contributed by atoms with E-state index in [2.05, 4.69) is 76.1 Å². The van der Waals surface area contributed by atoms with Crippen LogP contribution in [-0.2, 0) is 0 Å². The maximum Gasteiger partial charge on any atom is 0.139 e. The summed E-state index contributed by atoms with van der Waals surface area (Å²) >= 11 is 1.65. The van der Waals surface area contributed by atoms with Gasteiger partial charge in [-0.15, -0.1) is 11.3 Å². The highest BCUT2D eigenvalue weighted by atomic mass is 32.1. The minimum absolute atomic E-state index is 0.174. The van der Waals surface area contributed by atoms with Gasteiger partial charge in [-0.25, -0.2) is 9.97 Å². The first-order valence-electron chi connectivity index (χ1n) is 7.92. The smallest absolute Gasteiger partial charge is 0.139 e. The van der Waals surface area contributed by atoms with Gasteiger partial charge >= 0.3 is 0 Å². The number of rotatable bonds is 4. The predicted molar refractivity (Wildman–Crippen MR) is 101 cm³/mol. The normalized spacial score (nSPS) is 12.2. The van der Waals surface area contributed by atoms with Gasteiger partial charge < -0.3 is 5.32 Å². The Bertz CT molecular complexity index is 948. The van der Waals surface area contributed by atoms with E-state index < -0.39 is 0 Å². The number of fused-ring (bicyclic) bond motifs is 1. The van der Waals surface area contributed by atoms with Crippen LogP contribution in [0.3, 0.4) is 0 Å². The fourth-order valence-corrected chi connectivity index (χ4v) is 3.76. The van der Waals surface area contributed by atoms with Gasteiger partial charge in [0, 0.05) is 17.0 Å². The monoisotopic (exact) mass is 331 g/mol. The van der Waals surface area contributed by atoms with E-state index in [1.165, 1.54) is 16.7 Å². The number of anilines is 1. The van der Waals surface area contributed by atoms with Crippen molar-refractivity contribution in [3.8, 4) is 11.1 Å². The van der Waals surface area contributed by atoms with Crippen LogP contribution < -0.4 is 5.32 Å². The summed E-state index contributed by atoms with van der Waals surface area (Å²) in [7, 11) is 0. The van der Waals surface area contributed by atoms with Gasteiger partial charge in [0.1, 0.15) is 17.0 Å². The van der Waals surface area contributed by atoms with Crippen LogP contribution >= 0.6 is 11.3 Å². The van der Waals surface area contributed by atoms with Crippen molar-refractivity contribution < 1.29 is 0 Å². The average molecular weight is 331 g/mol. The molecule has 2 aromatic carbocycles. The quantitative estimate of drug-likeness (QED) is 0.534. The molecule has 3 nitrogen and oxygen atoms in total. The minimum Gasteiger partial charge on any atom is -0.363 e. The molecule has 0 amide bonds. The van der Waals surface area contributed by atoms with Crippen LogP contribution in [0.25, 0.3) is 21.3 Å². The van der Waals surface area contributed by atoms with Gasteiger partial charge in [0.05, 0.1) is 5.39 Å². The van der Waals surface area contributed by atoms with Crippen molar-refractivity contribution in [3.05, 3.63) is 77.9 Å². The van der Waals surface area contributed by atoms with Gasteiger partial charge in [-0.3, -0.25) is 0 Å². The zero-order valence-corrected chi connectivity index (χ0v) is 14.1. The summed E-state index contributed by atoms with van der Waals surface area (Å²) in [6.45, 7) is 2.15. The van der Waals surface area contributed by atoms with Crippen LogP contribution in [0.5, 0.6) is 0 Å². The van der Waals surface area contributed by atoms with Crippen molar-refractivity contribution in [2.45, 2.75) is 13.0 Å². The Morgan fingerprint density at radius 2 is 1.62 bits per heavy atom. The summed E-state index contributed by atoms with van der Waals surface area (Å²) in [6.07, 6.45) is 1.63. The first-order valence-corrected chi connectivity index (χ1v) is 8.80. The molecule has 0 saturated heterocycles. The Balaban J connectivity index is 1.77. The summed E-state index contributed by atoms with van der Waals surface area (Å²) in [5.41, 5.74) is 3.61. The molecule has 0 aliphatic heterocycles. The fourth-order valence-electron chi connectivity index (χ4n) is 2.84.